The predicted molar refractivity (Wildman–Crippen MR) is 150 cm³/mol. The molecule has 0 radical (unpaired) electrons. The second kappa shape index (κ2) is 11.9. The zero-order valence-corrected chi connectivity index (χ0v) is 23.2. The maximum Gasteiger partial charge on any atom is 0.239 e. The van der Waals surface area contributed by atoms with Crippen molar-refractivity contribution in [1.82, 2.24) is 20.4 Å². The monoisotopic (exact) mass is 569 g/mol. The Labute approximate surface area is 231 Å². The van der Waals surface area contributed by atoms with Crippen LogP contribution in [0.4, 0.5) is 5.82 Å². The lowest BCUT2D eigenvalue weighted by Gasteiger charge is -2.26. The van der Waals surface area contributed by atoms with Crippen LogP contribution in [0.3, 0.4) is 0 Å². The lowest BCUT2D eigenvalue weighted by atomic mass is 10.00. The first-order chi connectivity index (χ1) is 18.8. The highest BCUT2D eigenvalue weighted by molar-refractivity contribution is 8.01. The molecule has 2 atom stereocenters. The van der Waals surface area contributed by atoms with E-state index in [2.05, 4.69) is 25.7 Å². The molecule has 2 aromatic carbocycles. The minimum atomic E-state index is -3.37. The number of aromatic nitrogens is 2. The number of aromatic amines is 1. The van der Waals surface area contributed by atoms with Crippen LogP contribution in [0.1, 0.15) is 22.8 Å². The van der Waals surface area contributed by atoms with Crippen molar-refractivity contribution in [3.63, 3.8) is 0 Å². The summed E-state index contributed by atoms with van der Waals surface area (Å²) >= 11 is 1.36. The number of benzene rings is 2. The Hall–Kier alpha value is -3.19. The topological polar surface area (TPSA) is 133 Å². The third-order valence-corrected chi connectivity index (χ3v) is 9.42. The van der Waals surface area contributed by atoms with Crippen LogP contribution in [-0.2, 0) is 24.2 Å². The van der Waals surface area contributed by atoms with Gasteiger partial charge in [0.2, 0.25) is 11.8 Å². The third kappa shape index (κ3) is 6.52. The standard InChI is InChI=1S/C27H31N5O5S2/c1-39(35,36)20-9-7-19(8-10-20)25-23-24(18-5-3-2-4-6-18)30-31-26(23)29-27(34)21(38-25)17-22(33)28-11-12-32-13-15-37-16-14-32/h2-10,21,25H,11-17H2,1H3,(H,28,33)(H2,29,30,31,34). The molecule has 0 bridgehead atoms. The molecule has 0 aliphatic carbocycles. The lowest BCUT2D eigenvalue weighted by molar-refractivity contribution is -0.124. The van der Waals surface area contributed by atoms with Gasteiger partial charge in [-0.05, 0) is 23.3 Å². The molecule has 0 spiro atoms. The third-order valence-electron chi connectivity index (χ3n) is 6.80. The van der Waals surface area contributed by atoms with Gasteiger partial charge in [-0.2, -0.15) is 5.10 Å². The first-order valence-electron chi connectivity index (χ1n) is 12.8. The molecule has 10 nitrogen and oxygen atoms in total. The van der Waals surface area contributed by atoms with E-state index in [1.807, 2.05) is 30.3 Å². The Morgan fingerprint density at radius 2 is 1.85 bits per heavy atom. The molecule has 2 amide bonds. The summed E-state index contributed by atoms with van der Waals surface area (Å²) < 4.78 is 29.5. The smallest absolute Gasteiger partial charge is 0.239 e. The van der Waals surface area contributed by atoms with Crippen LogP contribution >= 0.6 is 11.8 Å². The highest BCUT2D eigenvalue weighted by Gasteiger charge is 2.36. The van der Waals surface area contributed by atoms with Crippen molar-refractivity contribution >= 4 is 39.2 Å². The predicted octanol–water partition coefficient (Wildman–Crippen LogP) is 2.46. The maximum absolute atomic E-state index is 13.3. The number of morpholine rings is 1. The van der Waals surface area contributed by atoms with Gasteiger partial charge < -0.3 is 15.4 Å². The summed E-state index contributed by atoms with van der Waals surface area (Å²) in [5.41, 5.74) is 3.24. The summed E-state index contributed by atoms with van der Waals surface area (Å²) in [4.78, 5) is 28.6. The molecular formula is C27H31N5O5S2. The number of anilines is 1. The Bertz CT molecular complexity index is 1420. The SMILES string of the molecule is CS(=O)(=O)c1ccc(C2SC(CC(=O)NCCN3CCOCC3)C(=O)Nc3n[nH]c(-c4ccccc4)c32)cc1. The van der Waals surface area contributed by atoms with Crippen LogP contribution in [0.25, 0.3) is 11.3 Å². The molecule has 1 saturated heterocycles. The molecule has 39 heavy (non-hydrogen) atoms. The molecular weight excluding hydrogens is 538 g/mol. The first kappa shape index (κ1) is 27.4. The van der Waals surface area contributed by atoms with Crippen LogP contribution < -0.4 is 10.6 Å². The van der Waals surface area contributed by atoms with E-state index >= 15 is 0 Å². The number of hydrogen-bond donors (Lipinski definition) is 3. The number of hydrogen-bond acceptors (Lipinski definition) is 8. The van der Waals surface area contributed by atoms with Crippen LogP contribution in [-0.4, -0.2) is 86.2 Å². The Morgan fingerprint density at radius 1 is 1.13 bits per heavy atom. The summed E-state index contributed by atoms with van der Waals surface area (Å²) in [5, 5.41) is 12.3. The summed E-state index contributed by atoms with van der Waals surface area (Å²) in [6.45, 7) is 4.29. The number of thioether (sulfide) groups is 1. The molecule has 206 valence electrons. The first-order valence-corrected chi connectivity index (χ1v) is 15.6. The second-order valence-electron chi connectivity index (χ2n) is 9.57. The van der Waals surface area contributed by atoms with Crippen LogP contribution in [0.2, 0.25) is 0 Å². The van der Waals surface area contributed by atoms with Crippen molar-refractivity contribution in [2.45, 2.75) is 21.8 Å². The second-order valence-corrected chi connectivity index (χ2v) is 12.9. The highest BCUT2D eigenvalue weighted by atomic mass is 32.2. The van der Waals surface area contributed by atoms with Crippen molar-refractivity contribution in [2.24, 2.45) is 0 Å². The average molecular weight is 570 g/mol. The van der Waals surface area contributed by atoms with Crippen LogP contribution in [0, 0.1) is 0 Å². The summed E-state index contributed by atoms with van der Waals surface area (Å²) in [6, 6.07) is 16.3. The fourth-order valence-electron chi connectivity index (χ4n) is 4.71. The fraction of sp³-hybridized carbons (Fsp3) is 0.370. The van der Waals surface area contributed by atoms with Gasteiger partial charge in [0.05, 0.1) is 34.3 Å². The summed E-state index contributed by atoms with van der Waals surface area (Å²) in [7, 11) is -3.37. The molecule has 2 aliphatic rings. The highest BCUT2D eigenvalue weighted by Crippen LogP contribution is 2.48. The normalized spacial score (nSPS) is 20.1. The molecule has 2 unspecified atom stereocenters. The number of carbonyl (C=O) groups is 2. The number of fused-ring (bicyclic) bond motifs is 1. The van der Waals surface area contributed by atoms with Gasteiger partial charge in [-0.15, -0.1) is 11.8 Å². The van der Waals surface area contributed by atoms with Crippen molar-refractivity contribution in [3.8, 4) is 11.3 Å². The van der Waals surface area contributed by atoms with Gasteiger partial charge >= 0.3 is 0 Å². The minimum Gasteiger partial charge on any atom is -0.379 e. The van der Waals surface area contributed by atoms with Gasteiger partial charge in [0.1, 0.15) is 0 Å². The number of nitrogens with zero attached hydrogens (tertiary/aromatic N) is 2. The van der Waals surface area contributed by atoms with Gasteiger partial charge in [0, 0.05) is 44.4 Å². The van der Waals surface area contributed by atoms with E-state index in [4.69, 9.17) is 4.74 Å². The average Bonchev–Trinajstić information content (AvgIpc) is 3.29. The Kier molecular flexibility index (Phi) is 8.36. The molecule has 12 heteroatoms. The molecule has 1 aromatic heterocycles. The van der Waals surface area contributed by atoms with Crippen molar-refractivity contribution in [2.75, 3.05) is 51.0 Å². The van der Waals surface area contributed by atoms with E-state index in [9.17, 15) is 18.0 Å². The number of carbonyl (C=O) groups excluding carboxylic acids is 2. The van der Waals surface area contributed by atoms with Crippen LogP contribution in [0.15, 0.2) is 59.5 Å². The summed E-state index contributed by atoms with van der Waals surface area (Å²) in [5.74, 6) is -0.101. The van der Waals surface area contributed by atoms with E-state index in [1.165, 1.54) is 18.0 Å². The van der Waals surface area contributed by atoms with E-state index in [0.717, 1.165) is 42.0 Å². The molecule has 3 heterocycles. The van der Waals surface area contributed by atoms with E-state index in [0.29, 0.717) is 25.6 Å². The number of rotatable bonds is 8. The molecule has 5 rings (SSSR count). The van der Waals surface area contributed by atoms with Gasteiger partial charge in [-0.1, -0.05) is 42.5 Å². The molecule has 2 aliphatic heterocycles. The minimum absolute atomic E-state index is 0.00614. The van der Waals surface area contributed by atoms with Gasteiger partial charge in [-0.3, -0.25) is 19.6 Å². The van der Waals surface area contributed by atoms with E-state index in [1.54, 1.807) is 24.3 Å². The van der Waals surface area contributed by atoms with Gasteiger partial charge in [-0.25, -0.2) is 8.42 Å². The lowest BCUT2D eigenvalue weighted by Crippen LogP contribution is -2.42. The van der Waals surface area contributed by atoms with Crippen molar-refractivity contribution in [3.05, 3.63) is 65.7 Å². The number of ether oxygens (including phenoxy) is 1. The van der Waals surface area contributed by atoms with Crippen molar-refractivity contribution in [1.29, 1.82) is 0 Å². The molecule has 0 saturated carbocycles. The number of H-pyrrole nitrogens is 1. The Morgan fingerprint density at radius 3 is 2.54 bits per heavy atom. The van der Waals surface area contributed by atoms with Gasteiger partial charge in [0.25, 0.3) is 0 Å². The van der Waals surface area contributed by atoms with Gasteiger partial charge in [0.15, 0.2) is 15.7 Å². The zero-order chi connectivity index (χ0) is 27.4. The van der Waals surface area contributed by atoms with Crippen LogP contribution in [0.5, 0.6) is 0 Å². The number of nitrogens with one attached hydrogen (secondary N) is 3. The maximum atomic E-state index is 13.3. The molecule has 3 N–H and O–H groups in total. The Balaban J connectivity index is 1.40. The number of sulfone groups is 1. The quantitative estimate of drug-likeness (QED) is 0.377. The zero-order valence-electron chi connectivity index (χ0n) is 21.6. The molecule has 3 aromatic rings. The summed E-state index contributed by atoms with van der Waals surface area (Å²) in [6.07, 6.45) is 1.17. The van der Waals surface area contributed by atoms with E-state index < -0.39 is 15.1 Å². The molecule has 1 fully saturated rings. The number of amides is 2. The van der Waals surface area contributed by atoms with Crippen molar-refractivity contribution < 1.29 is 22.7 Å². The fourth-order valence-corrected chi connectivity index (χ4v) is 6.78. The largest absolute Gasteiger partial charge is 0.379 e. The van der Waals surface area contributed by atoms with E-state index in [-0.39, 0.29) is 28.4 Å².